The summed E-state index contributed by atoms with van der Waals surface area (Å²) in [5.41, 5.74) is 2.47. The van der Waals surface area contributed by atoms with Gasteiger partial charge in [-0.3, -0.25) is 14.8 Å². The molecule has 8 heteroatoms. The smallest absolute Gasteiger partial charge is 0.454 e. The van der Waals surface area contributed by atoms with Gasteiger partial charge in [0.2, 0.25) is 0 Å². The molecule has 6 rings (SSSR count). The first-order chi connectivity index (χ1) is 16.8. The molecule has 0 atom stereocenters. The first-order valence-electron chi connectivity index (χ1n) is 11.0. The van der Waals surface area contributed by atoms with Crippen molar-refractivity contribution in [2.45, 2.75) is 19.0 Å². The number of hydrogen-bond acceptors (Lipinski definition) is 4. The standard InChI is InChI=1S/C16H11F3O2.C12H8N2.Eu/c17-16(18,19)15(21)12-6-5-11-7-9-3-1-2-4-10(9)8-13(11)14(12)20;1-3-9-5-6-10-4-2-8-14-12(10)11(9)13-7-1;/h1-4,7-8,20H,5-6H2;1-8H;. The summed E-state index contributed by atoms with van der Waals surface area (Å²) < 4.78 is 37.6. The predicted octanol–water partition coefficient (Wildman–Crippen LogP) is 6.97. The second-order valence-corrected chi connectivity index (χ2v) is 8.23. The van der Waals surface area contributed by atoms with Gasteiger partial charge in [-0.1, -0.05) is 54.6 Å². The Kier molecular flexibility index (Phi) is 7.88. The maximum Gasteiger partial charge on any atom is 0.454 e. The number of aliphatic hydroxyl groups excluding tert-OH is 1. The van der Waals surface area contributed by atoms with Crippen LogP contribution in [0.5, 0.6) is 0 Å². The topological polar surface area (TPSA) is 63.1 Å². The van der Waals surface area contributed by atoms with E-state index < -0.39 is 23.3 Å². The Morgan fingerprint density at radius 2 is 1.28 bits per heavy atom. The van der Waals surface area contributed by atoms with Crippen LogP contribution in [0.3, 0.4) is 0 Å². The van der Waals surface area contributed by atoms with Gasteiger partial charge < -0.3 is 5.11 Å². The SMILES string of the molecule is O=C(C1=C(O)c2cc3ccccc3cc2CC1)C(F)(F)F.[Eu].c1cnc2c(c1)ccc1cccnc12. The molecule has 5 aromatic rings. The Hall–Kier alpha value is -2.68. The Morgan fingerprint density at radius 1 is 0.750 bits per heavy atom. The summed E-state index contributed by atoms with van der Waals surface area (Å²) in [6.07, 6.45) is -1.15. The van der Waals surface area contributed by atoms with Crippen molar-refractivity contribution in [3.63, 3.8) is 0 Å². The fraction of sp³-hybridized carbons (Fsp3) is 0.107. The van der Waals surface area contributed by atoms with Gasteiger partial charge >= 0.3 is 6.18 Å². The Labute approximate surface area is 245 Å². The number of alkyl halides is 3. The third-order valence-electron chi connectivity index (χ3n) is 6.03. The number of carbonyl (C=O) groups excluding carboxylic acids is 1. The average molecular weight is 624 g/mol. The van der Waals surface area contributed by atoms with Gasteiger partial charge in [0.25, 0.3) is 5.78 Å². The van der Waals surface area contributed by atoms with Crippen LogP contribution in [0.2, 0.25) is 0 Å². The molecule has 1 N–H and O–H groups in total. The Morgan fingerprint density at radius 3 is 1.83 bits per heavy atom. The maximum absolute atomic E-state index is 12.5. The van der Waals surface area contributed by atoms with Gasteiger partial charge in [-0.25, -0.2) is 0 Å². The van der Waals surface area contributed by atoms with E-state index in [0.29, 0.717) is 12.0 Å². The third kappa shape index (κ3) is 5.21. The molecule has 0 unspecified atom stereocenters. The molecular weight excluding hydrogens is 605 g/mol. The van der Waals surface area contributed by atoms with E-state index in [4.69, 9.17) is 0 Å². The molecule has 0 amide bonds. The summed E-state index contributed by atoms with van der Waals surface area (Å²) in [5.74, 6) is -2.51. The fourth-order valence-corrected chi connectivity index (χ4v) is 4.33. The first-order valence-corrected chi connectivity index (χ1v) is 11.0. The number of allylic oxidation sites excluding steroid dienone is 1. The van der Waals surface area contributed by atoms with Crippen molar-refractivity contribution in [2.24, 2.45) is 0 Å². The van der Waals surface area contributed by atoms with E-state index in [1.807, 2.05) is 36.4 Å². The summed E-state index contributed by atoms with van der Waals surface area (Å²) in [7, 11) is 0. The zero-order valence-corrected chi connectivity index (χ0v) is 21.2. The molecule has 4 nitrogen and oxygen atoms in total. The van der Waals surface area contributed by atoms with Crippen LogP contribution in [0, 0.1) is 49.4 Å². The molecule has 1 aliphatic carbocycles. The Bertz CT molecular complexity index is 1580. The molecule has 2 aromatic heterocycles. The summed E-state index contributed by atoms with van der Waals surface area (Å²) in [6.45, 7) is 0. The van der Waals surface area contributed by atoms with Gasteiger partial charge in [0.1, 0.15) is 5.76 Å². The second kappa shape index (κ2) is 10.7. The minimum absolute atomic E-state index is 0. The van der Waals surface area contributed by atoms with Gasteiger partial charge in [0.15, 0.2) is 0 Å². The van der Waals surface area contributed by atoms with Crippen LogP contribution in [0.25, 0.3) is 38.3 Å². The van der Waals surface area contributed by atoms with Crippen molar-refractivity contribution in [1.82, 2.24) is 9.97 Å². The number of pyridine rings is 2. The monoisotopic (exact) mass is 625 g/mol. The number of benzene rings is 3. The normalized spacial score (nSPS) is 13.1. The molecule has 1 radical (unpaired) electrons. The van der Waals surface area contributed by atoms with Crippen LogP contribution in [-0.4, -0.2) is 27.0 Å². The fourth-order valence-electron chi connectivity index (χ4n) is 4.33. The van der Waals surface area contributed by atoms with Crippen molar-refractivity contribution in [3.8, 4) is 0 Å². The minimum atomic E-state index is -4.96. The molecule has 36 heavy (non-hydrogen) atoms. The summed E-state index contributed by atoms with van der Waals surface area (Å²) in [6, 6.07) is 23.0. The first kappa shape index (κ1) is 26.4. The number of aromatic nitrogens is 2. The number of aliphatic hydroxyl groups is 1. The minimum Gasteiger partial charge on any atom is -0.507 e. The van der Waals surface area contributed by atoms with Gasteiger partial charge in [-0.15, -0.1) is 0 Å². The van der Waals surface area contributed by atoms with Gasteiger partial charge in [-0.2, -0.15) is 13.2 Å². The van der Waals surface area contributed by atoms with Crippen LogP contribution in [0.15, 0.2) is 90.8 Å². The summed E-state index contributed by atoms with van der Waals surface area (Å²) in [5, 5.41) is 14.1. The van der Waals surface area contributed by atoms with E-state index in [1.54, 1.807) is 24.5 Å². The van der Waals surface area contributed by atoms with Crippen LogP contribution < -0.4 is 0 Å². The van der Waals surface area contributed by atoms with Crippen molar-refractivity contribution in [3.05, 3.63) is 102 Å². The van der Waals surface area contributed by atoms with E-state index in [2.05, 4.69) is 34.2 Å². The van der Waals surface area contributed by atoms with Gasteiger partial charge in [0.05, 0.1) is 11.0 Å². The molecule has 0 aliphatic heterocycles. The van der Waals surface area contributed by atoms with E-state index in [-0.39, 0.29) is 55.8 Å². The molecule has 0 fully saturated rings. The number of aryl methyl sites for hydroxylation is 1. The Balaban J connectivity index is 0.000000176. The van der Waals surface area contributed by atoms with Crippen LogP contribution in [0.4, 0.5) is 13.2 Å². The van der Waals surface area contributed by atoms with E-state index in [9.17, 15) is 23.1 Å². The van der Waals surface area contributed by atoms with E-state index in [1.165, 1.54) is 0 Å². The van der Waals surface area contributed by atoms with Crippen molar-refractivity contribution < 1.29 is 72.4 Å². The van der Waals surface area contributed by atoms with Gasteiger partial charge in [0, 0.05) is 83.7 Å². The number of carbonyl (C=O) groups is 1. The van der Waals surface area contributed by atoms with E-state index >= 15 is 0 Å². The van der Waals surface area contributed by atoms with Gasteiger partial charge in [-0.05, 0) is 47.4 Å². The van der Waals surface area contributed by atoms with Crippen LogP contribution in [-0.2, 0) is 11.2 Å². The average Bonchev–Trinajstić information content (AvgIpc) is 2.87. The van der Waals surface area contributed by atoms with Crippen LogP contribution >= 0.6 is 0 Å². The predicted molar refractivity (Wildman–Crippen MR) is 130 cm³/mol. The summed E-state index contributed by atoms with van der Waals surface area (Å²) >= 11 is 0. The largest absolute Gasteiger partial charge is 0.507 e. The number of fused-ring (bicyclic) bond motifs is 5. The molecule has 0 spiro atoms. The maximum atomic E-state index is 12.5. The van der Waals surface area contributed by atoms with Crippen molar-refractivity contribution >= 4 is 44.1 Å². The zero-order chi connectivity index (χ0) is 24.6. The van der Waals surface area contributed by atoms with Crippen molar-refractivity contribution in [2.75, 3.05) is 0 Å². The number of ketones is 1. The third-order valence-corrected chi connectivity index (χ3v) is 6.03. The number of halogens is 3. The molecule has 0 bridgehead atoms. The number of nitrogens with zero attached hydrogens (tertiary/aromatic N) is 2. The quantitative estimate of drug-likeness (QED) is 0.205. The molecular formula is C28H19EuF3N2O2. The number of Topliss-reactive ketones (excluding diaryl/α,β-unsaturated/α-hetero) is 1. The summed E-state index contributed by atoms with van der Waals surface area (Å²) in [4.78, 5) is 20.1. The number of rotatable bonds is 1. The van der Waals surface area contributed by atoms with Crippen molar-refractivity contribution in [1.29, 1.82) is 0 Å². The molecule has 3 aromatic carbocycles. The van der Waals surface area contributed by atoms with E-state index in [0.717, 1.165) is 38.1 Å². The molecule has 181 valence electrons. The molecule has 1 aliphatic rings. The number of hydrogen-bond donors (Lipinski definition) is 1. The molecule has 2 heterocycles. The zero-order valence-electron chi connectivity index (χ0n) is 18.8. The molecule has 0 saturated carbocycles. The molecule has 0 saturated heterocycles. The second-order valence-electron chi connectivity index (χ2n) is 8.23. The van der Waals surface area contributed by atoms with Crippen LogP contribution in [0.1, 0.15) is 17.5 Å².